The highest BCUT2D eigenvalue weighted by Gasteiger charge is 2.21. The standard InChI is InChI=1S/C17H10Cl2N2O/c18-20-13-7-3-1-5-11(13)9-15(20)17(22)16-10-12-6-2-4-8-14(12)21(16)19/h1-10H. The maximum atomic E-state index is 12.8. The van der Waals surface area contributed by atoms with Crippen molar-refractivity contribution >= 4 is 51.1 Å². The molecule has 0 saturated heterocycles. The second-order valence-electron chi connectivity index (χ2n) is 5.07. The molecule has 0 bridgehead atoms. The van der Waals surface area contributed by atoms with E-state index >= 15 is 0 Å². The van der Waals surface area contributed by atoms with E-state index < -0.39 is 0 Å². The predicted octanol–water partition coefficient (Wildman–Crippen LogP) is 4.83. The van der Waals surface area contributed by atoms with Crippen LogP contribution in [-0.4, -0.2) is 14.0 Å². The topological polar surface area (TPSA) is 26.9 Å². The zero-order valence-corrected chi connectivity index (χ0v) is 12.8. The van der Waals surface area contributed by atoms with Gasteiger partial charge in [-0.2, -0.15) is 0 Å². The molecule has 3 nitrogen and oxygen atoms in total. The average molecular weight is 329 g/mol. The van der Waals surface area contributed by atoms with Crippen LogP contribution < -0.4 is 0 Å². The Kier molecular flexibility index (Phi) is 2.99. The first-order valence-corrected chi connectivity index (χ1v) is 7.42. The number of ketones is 1. The van der Waals surface area contributed by atoms with Gasteiger partial charge >= 0.3 is 0 Å². The quantitative estimate of drug-likeness (QED) is 0.484. The Bertz CT molecular complexity index is 948. The normalized spacial score (nSPS) is 11.4. The number of fused-ring (bicyclic) bond motifs is 2. The van der Waals surface area contributed by atoms with Gasteiger partial charge in [-0.1, -0.05) is 36.4 Å². The highest BCUT2D eigenvalue weighted by atomic mass is 35.5. The van der Waals surface area contributed by atoms with Gasteiger partial charge in [0, 0.05) is 34.3 Å². The van der Waals surface area contributed by atoms with Gasteiger partial charge in [0.2, 0.25) is 5.78 Å². The molecule has 22 heavy (non-hydrogen) atoms. The largest absolute Gasteiger partial charge is 0.285 e. The lowest BCUT2D eigenvalue weighted by Crippen LogP contribution is -2.07. The molecule has 0 aliphatic carbocycles. The number of halogens is 2. The van der Waals surface area contributed by atoms with Crippen LogP contribution in [0.4, 0.5) is 0 Å². The van der Waals surface area contributed by atoms with E-state index in [-0.39, 0.29) is 5.78 Å². The molecular formula is C17H10Cl2N2O. The monoisotopic (exact) mass is 328 g/mol. The third-order valence-corrected chi connectivity index (χ3v) is 4.50. The SMILES string of the molecule is O=C(c1cc2ccccc2n1Cl)c1cc2ccccc2n1Cl. The molecular weight excluding hydrogens is 319 g/mol. The molecule has 2 aromatic heterocycles. The van der Waals surface area contributed by atoms with Crippen LogP contribution >= 0.6 is 23.6 Å². The first-order chi connectivity index (χ1) is 10.7. The minimum Gasteiger partial charge on any atom is -0.285 e. The summed E-state index contributed by atoms with van der Waals surface area (Å²) in [5, 5.41) is 1.83. The maximum Gasteiger partial charge on any atom is 0.228 e. The summed E-state index contributed by atoms with van der Waals surface area (Å²) in [5.41, 5.74) is 2.38. The van der Waals surface area contributed by atoms with Gasteiger partial charge in [0.05, 0.1) is 11.0 Å². The van der Waals surface area contributed by atoms with Gasteiger partial charge in [0.25, 0.3) is 0 Å². The maximum absolute atomic E-state index is 12.8. The van der Waals surface area contributed by atoms with E-state index in [4.69, 9.17) is 23.6 Å². The zero-order chi connectivity index (χ0) is 15.3. The van der Waals surface area contributed by atoms with E-state index in [2.05, 4.69) is 0 Å². The summed E-state index contributed by atoms with van der Waals surface area (Å²) in [5.74, 6) is -0.211. The van der Waals surface area contributed by atoms with E-state index in [1.54, 1.807) is 12.1 Å². The zero-order valence-electron chi connectivity index (χ0n) is 11.3. The van der Waals surface area contributed by atoms with Crippen LogP contribution in [0.3, 0.4) is 0 Å². The van der Waals surface area contributed by atoms with E-state index in [1.807, 2.05) is 48.5 Å². The van der Waals surface area contributed by atoms with E-state index in [1.165, 1.54) is 8.17 Å². The number of para-hydroxylation sites is 2. The average Bonchev–Trinajstić information content (AvgIpc) is 3.06. The molecule has 4 aromatic rings. The van der Waals surface area contributed by atoms with Gasteiger partial charge in [0.1, 0.15) is 11.4 Å². The molecule has 0 fully saturated rings. The number of hydrogen-bond acceptors (Lipinski definition) is 1. The van der Waals surface area contributed by atoms with Crippen molar-refractivity contribution in [3.8, 4) is 0 Å². The van der Waals surface area contributed by atoms with Crippen molar-refractivity contribution in [1.82, 2.24) is 8.17 Å². The molecule has 0 amide bonds. The molecule has 0 atom stereocenters. The Labute approximate surface area is 136 Å². The molecule has 0 unspecified atom stereocenters. The fourth-order valence-electron chi connectivity index (χ4n) is 2.68. The highest BCUT2D eigenvalue weighted by Crippen LogP contribution is 2.27. The predicted molar refractivity (Wildman–Crippen MR) is 89.8 cm³/mol. The van der Waals surface area contributed by atoms with Gasteiger partial charge in [0.15, 0.2) is 0 Å². The van der Waals surface area contributed by atoms with Crippen molar-refractivity contribution in [2.45, 2.75) is 0 Å². The number of benzene rings is 2. The van der Waals surface area contributed by atoms with Crippen molar-refractivity contribution in [3.05, 3.63) is 72.1 Å². The van der Waals surface area contributed by atoms with Crippen molar-refractivity contribution in [3.63, 3.8) is 0 Å². The van der Waals surface area contributed by atoms with E-state index in [9.17, 15) is 4.79 Å². The van der Waals surface area contributed by atoms with E-state index in [0.29, 0.717) is 11.4 Å². The van der Waals surface area contributed by atoms with Gasteiger partial charge in [-0.15, -0.1) is 0 Å². The number of aromatic nitrogens is 2. The fourth-order valence-corrected chi connectivity index (χ4v) is 3.24. The first-order valence-electron chi connectivity index (χ1n) is 6.75. The second kappa shape index (κ2) is 4.90. The Hall–Kier alpha value is -2.23. The molecule has 0 aliphatic heterocycles. The summed E-state index contributed by atoms with van der Waals surface area (Å²) >= 11 is 12.6. The fraction of sp³-hybridized carbons (Fsp3) is 0. The molecule has 5 heteroatoms. The molecule has 4 rings (SSSR count). The Morgan fingerprint density at radius 1 is 0.727 bits per heavy atom. The van der Waals surface area contributed by atoms with Gasteiger partial charge in [-0.05, 0) is 24.3 Å². The summed E-state index contributed by atoms with van der Waals surface area (Å²) in [6.07, 6.45) is 0. The molecule has 2 aromatic carbocycles. The molecule has 0 spiro atoms. The number of hydrogen-bond donors (Lipinski definition) is 0. The Balaban J connectivity index is 1.92. The Morgan fingerprint density at radius 2 is 1.14 bits per heavy atom. The van der Waals surface area contributed by atoms with Gasteiger partial charge < -0.3 is 0 Å². The third kappa shape index (κ3) is 1.86. The van der Waals surface area contributed by atoms with Crippen molar-refractivity contribution in [2.24, 2.45) is 0 Å². The lowest BCUT2D eigenvalue weighted by molar-refractivity contribution is 0.102. The van der Waals surface area contributed by atoms with Crippen LogP contribution in [0.15, 0.2) is 60.7 Å². The van der Waals surface area contributed by atoms with Crippen molar-refractivity contribution < 1.29 is 4.79 Å². The molecule has 0 N–H and O–H groups in total. The lowest BCUT2D eigenvalue weighted by Gasteiger charge is -2.02. The van der Waals surface area contributed by atoms with Crippen molar-refractivity contribution in [1.29, 1.82) is 0 Å². The second-order valence-corrected chi connectivity index (χ2v) is 5.74. The van der Waals surface area contributed by atoms with Crippen LogP contribution in [-0.2, 0) is 0 Å². The summed E-state index contributed by atoms with van der Waals surface area (Å²) < 4.78 is 2.76. The number of nitrogens with zero attached hydrogens (tertiary/aromatic N) is 2. The van der Waals surface area contributed by atoms with Crippen LogP contribution in [0, 0.1) is 0 Å². The number of rotatable bonds is 2. The summed E-state index contributed by atoms with van der Waals surface area (Å²) in [7, 11) is 0. The Morgan fingerprint density at radius 3 is 1.55 bits per heavy atom. The number of carbonyl (C=O) groups excluding carboxylic acids is 1. The summed E-state index contributed by atoms with van der Waals surface area (Å²) in [6, 6.07) is 18.7. The van der Waals surface area contributed by atoms with Crippen LogP contribution in [0.1, 0.15) is 16.2 Å². The van der Waals surface area contributed by atoms with Crippen molar-refractivity contribution in [2.75, 3.05) is 0 Å². The van der Waals surface area contributed by atoms with Crippen LogP contribution in [0.25, 0.3) is 21.8 Å². The minimum absolute atomic E-state index is 0.211. The molecule has 0 saturated carbocycles. The van der Waals surface area contributed by atoms with E-state index in [0.717, 1.165) is 21.8 Å². The molecule has 0 aliphatic rings. The summed E-state index contributed by atoms with van der Waals surface area (Å²) in [6.45, 7) is 0. The highest BCUT2D eigenvalue weighted by molar-refractivity contribution is 6.27. The van der Waals surface area contributed by atoms with Crippen LogP contribution in [0.2, 0.25) is 0 Å². The lowest BCUT2D eigenvalue weighted by atomic mass is 10.2. The number of carbonyl (C=O) groups is 1. The smallest absolute Gasteiger partial charge is 0.228 e. The van der Waals surface area contributed by atoms with Gasteiger partial charge in [-0.25, -0.2) is 8.17 Å². The van der Waals surface area contributed by atoms with Crippen LogP contribution in [0.5, 0.6) is 0 Å². The van der Waals surface area contributed by atoms with Gasteiger partial charge in [-0.3, -0.25) is 4.79 Å². The molecule has 108 valence electrons. The minimum atomic E-state index is -0.211. The summed E-state index contributed by atoms with van der Waals surface area (Å²) in [4.78, 5) is 12.8. The molecule has 0 radical (unpaired) electrons. The molecule has 2 heterocycles. The first kappa shape index (κ1) is 13.4. The third-order valence-electron chi connectivity index (χ3n) is 3.77.